The fraction of sp³-hybridized carbons (Fsp3) is 0.231. The van der Waals surface area contributed by atoms with Gasteiger partial charge in [0.2, 0.25) is 0 Å². The van der Waals surface area contributed by atoms with Crippen molar-refractivity contribution in [2.75, 3.05) is 5.32 Å². The highest BCUT2D eigenvalue weighted by Gasteiger charge is 2.17. The molecule has 2 rings (SSSR count). The molecule has 0 spiro atoms. The summed E-state index contributed by atoms with van der Waals surface area (Å²) in [7, 11) is 0. The Kier molecular flexibility index (Phi) is 4.37. The first kappa shape index (κ1) is 15.2. The van der Waals surface area contributed by atoms with Crippen LogP contribution in [0, 0.1) is 6.92 Å². The minimum absolute atomic E-state index is 0.0956. The smallest absolute Gasteiger partial charge is 0.346 e. The minimum Gasteiger partial charge on any atom is -0.477 e. The van der Waals surface area contributed by atoms with E-state index in [9.17, 15) is 18.4 Å². The van der Waals surface area contributed by atoms with E-state index in [1.165, 1.54) is 24.4 Å². The molecule has 5 nitrogen and oxygen atoms in total. The van der Waals surface area contributed by atoms with Crippen molar-refractivity contribution < 1.29 is 23.5 Å². The van der Waals surface area contributed by atoms with Crippen LogP contribution >= 0.6 is 11.3 Å². The molecule has 0 radical (unpaired) electrons. The molecule has 0 aromatic carbocycles. The van der Waals surface area contributed by atoms with Gasteiger partial charge in [-0.1, -0.05) is 0 Å². The maximum atomic E-state index is 12.4. The molecule has 0 aliphatic heterocycles. The third-order valence-electron chi connectivity index (χ3n) is 2.75. The molecule has 0 saturated carbocycles. The average Bonchev–Trinajstić information content (AvgIpc) is 2.95. The van der Waals surface area contributed by atoms with Gasteiger partial charge in [-0.25, -0.2) is 13.6 Å². The molecule has 2 aromatic heterocycles. The summed E-state index contributed by atoms with van der Waals surface area (Å²) in [5, 5.41) is 11.8. The van der Waals surface area contributed by atoms with Crippen LogP contribution in [-0.2, 0) is 6.54 Å². The zero-order chi connectivity index (χ0) is 15.6. The Morgan fingerprint density at radius 2 is 2.19 bits per heavy atom. The number of nitrogens with one attached hydrogen (secondary N) is 1. The molecule has 0 unspecified atom stereocenters. The van der Waals surface area contributed by atoms with Gasteiger partial charge in [0, 0.05) is 6.20 Å². The zero-order valence-electron chi connectivity index (χ0n) is 11.0. The maximum Gasteiger partial charge on any atom is 0.346 e. The molecule has 1 amide bonds. The Morgan fingerprint density at radius 3 is 2.76 bits per heavy atom. The molecular formula is C13H12F2N2O3S. The van der Waals surface area contributed by atoms with Crippen molar-refractivity contribution in [3.05, 3.63) is 40.5 Å². The van der Waals surface area contributed by atoms with Crippen LogP contribution in [0.5, 0.6) is 0 Å². The van der Waals surface area contributed by atoms with E-state index in [-0.39, 0.29) is 10.6 Å². The Labute approximate surface area is 122 Å². The summed E-state index contributed by atoms with van der Waals surface area (Å²) < 4.78 is 25.9. The molecular weight excluding hydrogens is 302 g/mol. The first-order valence-electron chi connectivity index (χ1n) is 5.97. The lowest BCUT2D eigenvalue weighted by Crippen LogP contribution is -2.18. The normalized spacial score (nSPS) is 10.9. The van der Waals surface area contributed by atoms with Crippen LogP contribution in [0.1, 0.15) is 25.7 Å². The van der Waals surface area contributed by atoms with Crippen LogP contribution in [0.15, 0.2) is 24.4 Å². The summed E-state index contributed by atoms with van der Waals surface area (Å²) in [6, 6.07) is 4.46. The predicted molar refractivity (Wildman–Crippen MR) is 74.4 cm³/mol. The van der Waals surface area contributed by atoms with Crippen LogP contribution in [-0.4, -0.2) is 28.0 Å². The number of alkyl halides is 2. The highest BCUT2D eigenvalue weighted by Crippen LogP contribution is 2.27. The molecule has 2 aromatic rings. The zero-order valence-corrected chi connectivity index (χ0v) is 11.8. The number of anilines is 1. The average molecular weight is 314 g/mol. The fourth-order valence-electron chi connectivity index (χ4n) is 1.86. The number of hydrogen-bond donors (Lipinski definition) is 2. The second-order valence-electron chi connectivity index (χ2n) is 4.32. The van der Waals surface area contributed by atoms with Gasteiger partial charge >= 0.3 is 5.97 Å². The van der Waals surface area contributed by atoms with Gasteiger partial charge in [-0.2, -0.15) is 0 Å². The number of aromatic carboxylic acids is 1. The third kappa shape index (κ3) is 3.46. The largest absolute Gasteiger partial charge is 0.477 e. The number of aryl methyl sites for hydroxylation is 1. The SMILES string of the molecule is Cc1cc(NC(=O)c2cccn2CC(F)F)sc1C(=O)O. The van der Waals surface area contributed by atoms with E-state index in [1.54, 1.807) is 6.92 Å². The summed E-state index contributed by atoms with van der Waals surface area (Å²) in [5.41, 5.74) is 0.629. The van der Waals surface area contributed by atoms with Gasteiger partial charge in [-0.15, -0.1) is 11.3 Å². The lowest BCUT2D eigenvalue weighted by atomic mass is 10.3. The van der Waals surface area contributed by atoms with Crippen LogP contribution in [0.25, 0.3) is 0 Å². The minimum atomic E-state index is -2.56. The van der Waals surface area contributed by atoms with Gasteiger partial charge in [0.15, 0.2) is 0 Å². The number of carboxylic acid groups (broad SMARTS) is 1. The van der Waals surface area contributed by atoms with E-state index in [0.29, 0.717) is 10.6 Å². The molecule has 0 fully saturated rings. The van der Waals surface area contributed by atoms with Crippen molar-refractivity contribution >= 4 is 28.2 Å². The number of nitrogens with zero attached hydrogens (tertiary/aromatic N) is 1. The predicted octanol–water partition coefficient (Wildman–Crippen LogP) is 3.07. The van der Waals surface area contributed by atoms with E-state index < -0.39 is 24.8 Å². The summed E-state index contributed by atoms with van der Waals surface area (Å²) in [4.78, 5) is 23.1. The number of halogens is 2. The van der Waals surface area contributed by atoms with E-state index in [1.807, 2.05) is 0 Å². The van der Waals surface area contributed by atoms with Crippen molar-refractivity contribution in [2.24, 2.45) is 0 Å². The first-order chi connectivity index (χ1) is 9.88. The molecule has 112 valence electrons. The Morgan fingerprint density at radius 1 is 1.48 bits per heavy atom. The number of carbonyl (C=O) groups is 2. The highest BCUT2D eigenvalue weighted by molar-refractivity contribution is 7.18. The van der Waals surface area contributed by atoms with E-state index in [0.717, 1.165) is 15.9 Å². The summed E-state index contributed by atoms with van der Waals surface area (Å²) in [6.45, 7) is 1.05. The van der Waals surface area contributed by atoms with Gasteiger partial charge in [-0.3, -0.25) is 4.79 Å². The third-order valence-corrected chi connectivity index (χ3v) is 3.89. The molecule has 0 aliphatic carbocycles. The first-order valence-corrected chi connectivity index (χ1v) is 6.78. The second-order valence-corrected chi connectivity index (χ2v) is 5.37. The molecule has 21 heavy (non-hydrogen) atoms. The fourth-order valence-corrected chi connectivity index (χ4v) is 2.77. The molecule has 2 N–H and O–H groups in total. The molecule has 0 saturated heterocycles. The quantitative estimate of drug-likeness (QED) is 0.891. The molecule has 0 atom stereocenters. The number of thiophene rings is 1. The Balaban J connectivity index is 2.17. The summed E-state index contributed by atoms with van der Waals surface area (Å²) in [6.07, 6.45) is -1.17. The molecule has 8 heteroatoms. The number of rotatable bonds is 5. The van der Waals surface area contributed by atoms with Gasteiger partial charge in [-0.05, 0) is 30.7 Å². The Bertz CT molecular complexity index is 679. The standard InChI is InChI=1S/C13H12F2N2O3S/c1-7-5-10(21-11(7)13(19)20)16-12(18)8-3-2-4-17(8)6-9(14)15/h2-5,9H,6H2,1H3,(H,16,18)(H,19,20). The molecule has 0 aliphatic rings. The van der Waals surface area contributed by atoms with Crippen molar-refractivity contribution in [3.63, 3.8) is 0 Å². The van der Waals surface area contributed by atoms with Crippen molar-refractivity contribution in [2.45, 2.75) is 19.9 Å². The lowest BCUT2D eigenvalue weighted by molar-refractivity contribution is 0.0701. The number of amides is 1. The van der Waals surface area contributed by atoms with Crippen LogP contribution in [0.4, 0.5) is 13.8 Å². The highest BCUT2D eigenvalue weighted by atomic mass is 32.1. The second kappa shape index (κ2) is 6.04. The van der Waals surface area contributed by atoms with Crippen LogP contribution in [0.3, 0.4) is 0 Å². The monoisotopic (exact) mass is 314 g/mol. The topological polar surface area (TPSA) is 71.3 Å². The van der Waals surface area contributed by atoms with E-state index >= 15 is 0 Å². The Hall–Kier alpha value is -2.22. The van der Waals surface area contributed by atoms with E-state index in [2.05, 4.69) is 5.32 Å². The summed E-state index contributed by atoms with van der Waals surface area (Å²) >= 11 is 0.924. The maximum absolute atomic E-state index is 12.4. The number of hydrogen-bond acceptors (Lipinski definition) is 3. The van der Waals surface area contributed by atoms with Crippen molar-refractivity contribution in [1.82, 2.24) is 4.57 Å². The van der Waals surface area contributed by atoms with Gasteiger partial charge < -0.3 is 15.0 Å². The summed E-state index contributed by atoms with van der Waals surface area (Å²) in [5.74, 6) is -1.63. The number of carboxylic acids is 1. The van der Waals surface area contributed by atoms with Gasteiger partial charge in [0.1, 0.15) is 10.6 Å². The van der Waals surface area contributed by atoms with Gasteiger partial charge in [0.25, 0.3) is 12.3 Å². The number of aromatic nitrogens is 1. The van der Waals surface area contributed by atoms with Crippen LogP contribution in [0.2, 0.25) is 0 Å². The molecule has 0 bridgehead atoms. The van der Waals surface area contributed by atoms with Crippen molar-refractivity contribution in [3.8, 4) is 0 Å². The molecule has 2 heterocycles. The van der Waals surface area contributed by atoms with Gasteiger partial charge in [0.05, 0.1) is 11.5 Å². The number of carbonyl (C=O) groups excluding carboxylic acids is 1. The van der Waals surface area contributed by atoms with Crippen molar-refractivity contribution in [1.29, 1.82) is 0 Å². The van der Waals surface area contributed by atoms with Crippen LogP contribution < -0.4 is 5.32 Å². The lowest BCUT2D eigenvalue weighted by Gasteiger charge is -2.08. The van der Waals surface area contributed by atoms with E-state index in [4.69, 9.17) is 5.11 Å².